The van der Waals surface area contributed by atoms with E-state index in [0.717, 1.165) is 17.1 Å². The summed E-state index contributed by atoms with van der Waals surface area (Å²) in [5.74, 6) is 1.65. The summed E-state index contributed by atoms with van der Waals surface area (Å²) >= 11 is 0. The Labute approximate surface area is 82.3 Å². The molecule has 0 amide bonds. The van der Waals surface area contributed by atoms with Crippen molar-refractivity contribution in [3.63, 3.8) is 0 Å². The van der Waals surface area contributed by atoms with Gasteiger partial charge < -0.3 is 10.5 Å². The molecule has 1 atom stereocenters. The summed E-state index contributed by atoms with van der Waals surface area (Å²) in [6.07, 6.45) is 3.69. The third kappa shape index (κ3) is 1.33. The molecular formula is C10H13N3O. The van der Waals surface area contributed by atoms with Crippen LogP contribution in [0.2, 0.25) is 0 Å². The molecule has 0 fully saturated rings. The van der Waals surface area contributed by atoms with Gasteiger partial charge in [-0.3, -0.25) is 4.40 Å². The molecule has 0 bridgehead atoms. The lowest BCUT2D eigenvalue weighted by Crippen LogP contribution is -2.09. The summed E-state index contributed by atoms with van der Waals surface area (Å²) in [7, 11) is 1.64. The predicted octanol–water partition coefficient (Wildman–Crippen LogP) is 1.36. The number of nitrogens with two attached hydrogens (primary N) is 1. The van der Waals surface area contributed by atoms with Gasteiger partial charge in [0.1, 0.15) is 11.6 Å². The Morgan fingerprint density at radius 1 is 1.50 bits per heavy atom. The maximum atomic E-state index is 5.79. The summed E-state index contributed by atoms with van der Waals surface area (Å²) < 4.78 is 7.08. The molecule has 0 aromatic carbocycles. The van der Waals surface area contributed by atoms with Crippen LogP contribution >= 0.6 is 0 Å². The molecule has 2 heterocycles. The highest BCUT2D eigenvalue weighted by Crippen LogP contribution is 2.17. The molecule has 2 rings (SSSR count). The van der Waals surface area contributed by atoms with Gasteiger partial charge in [0.25, 0.3) is 0 Å². The zero-order chi connectivity index (χ0) is 10.1. The van der Waals surface area contributed by atoms with Gasteiger partial charge in [-0.25, -0.2) is 4.98 Å². The van der Waals surface area contributed by atoms with E-state index >= 15 is 0 Å². The molecule has 0 radical (unpaired) electrons. The molecule has 1 unspecified atom stereocenters. The Morgan fingerprint density at radius 2 is 2.29 bits per heavy atom. The Hall–Kier alpha value is -1.55. The quantitative estimate of drug-likeness (QED) is 0.779. The molecular weight excluding hydrogens is 178 g/mol. The second-order valence-electron chi connectivity index (χ2n) is 3.27. The normalized spacial score (nSPS) is 13.1. The molecule has 74 valence electrons. The third-order valence-electron chi connectivity index (χ3n) is 2.17. The van der Waals surface area contributed by atoms with Gasteiger partial charge in [-0.15, -0.1) is 0 Å². The summed E-state index contributed by atoms with van der Waals surface area (Å²) in [6.45, 7) is 1.91. The van der Waals surface area contributed by atoms with Crippen LogP contribution in [0.5, 0.6) is 5.75 Å². The molecule has 0 saturated heterocycles. The van der Waals surface area contributed by atoms with Gasteiger partial charge in [0.15, 0.2) is 0 Å². The highest BCUT2D eigenvalue weighted by Gasteiger charge is 2.07. The van der Waals surface area contributed by atoms with Crippen molar-refractivity contribution in [1.82, 2.24) is 9.38 Å². The number of hydrogen-bond donors (Lipinski definition) is 1. The van der Waals surface area contributed by atoms with E-state index in [9.17, 15) is 0 Å². The van der Waals surface area contributed by atoms with E-state index in [2.05, 4.69) is 4.98 Å². The first-order valence-corrected chi connectivity index (χ1v) is 4.49. The van der Waals surface area contributed by atoms with Crippen molar-refractivity contribution in [2.24, 2.45) is 5.73 Å². The van der Waals surface area contributed by atoms with Crippen LogP contribution in [0.1, 0.15) is 18.8 Å². The van der Waals surface area contributed by atoms with Gasteiger partial charge >= 0.3 is 0 Å². The van der Waals surface area contributed by atoms with Crippen LogP contribution in [-0.2, 0) is 0 Å². The van der Waals surface area contributed by atoms with Crippen molar-refractivity contribution in [2.45, 2.75) is 13.0 Å². The van der Waals surface area contributed by atoms with Crippen molar-refractivity contribution in [2.75, 3.05) is 7.11 Å². The Kier molecular flexibility index (Phi) is 2.13. The lowest BCUT2D eigenvalue weighted by Gasteiger charge is -2.05. The monoisotopic (exact) mass is 191 g/mol. The van der Waals surface area contributed by atoms with Crippen LogP contribution in [0.25, 0.3) is 5.52 Å². The van der Waals surface area contributed by atoms with Crippen molar-refractivity contribution in [3.8, 4) is 5.75 Å². The standard InChI is InChI=1S/C10H13N3O/c1-7(11)10-12-5-8-3-4-9(14-2)6-13(8)10/h3-7H,11H2,1-2H3. The maximum absolute atomic E-state index is 5.79. The van der Waals surface area contributed by atoms with Gasteiger partial charge in [0, 0.05) is 0 Å². The SMILES string of the molecule is COc1ccc2cnc(C(C)N)n2c1. The highest BCUT2D eigenvalue weighted by atomic mass is 16.5. The van der Waals surface area contributed by atoms with E-state index in [4.69, 9.17) is 10.5 Å². The molecule has 2 aromatic rings. The molecule has 14 heavy (non-hydrogen) atoms. The van der Waals surface area contributed by atoms with Crippen LogP contribution in [-0.4, -0.2) is 16.5 Å². The zero-order valence-corrected chi connectivity index (χ0v) is 8.27. The number of ether oxygens (including phenoxy) is 1. The van der Waals surface area contributed by atoms with Crippen LogP contribution < -0.4 is 10.5 Å². The van der Waals surface area contributed by atoms with Crippen LogP contribution in [0.15, 0.2) is 24.5 Å². The number of imidazole rings is 1. The second-order valence-corrected chi connectivity index (χ2v) is 3.27. The zero-order valence-electron chi connectivity index (χ0n) is 8.27. The van der Waals surface area contributed by atoms with E-state index in [-0.39, 0.29) is 6.04 Å². The molecule has 0 aliphatic heterocycles. The maximum Gasteiger partial charge on any atom is 0.135 e. The number of methoxy groups -OCH3 is 1. The fraction of sp³-hybridized carbons (Fsp3) is 0.300. The summed E-state index contributed by atoms with van der Waals surface area (Å²) in [6, 6.07) is 3.78. The number of aromatic nitrogens is 2. The smallest absolute Gasteiger partial charge is 0.135 e. The first-order chi connectivity index (χ1) is 6.72. The lowest BCUT2D eigenvalue weighted by molar-refractivity contribution is 0.412. The Bertz CT molecular complexity index is 448. The Morgan fingerprint density at radius 3 is 2.93 bits per heavy atom. The van der Waals surface area contributed by atoms with E-state index in [1.54, 1.807) is 13.3 Å². The summed E-state index contributed by atoms with van der Waals surface area (Å²) in [5.41, 5.74) is 6.82. The summed E-state index contributed by atoms with van der Waals surface area (Å²) in [5, 5.41) is 0. The molecule has 0 aliphatic carbocycles. The van der Waals surface area contributed by atoms with Crippen LogP contribution in [0.3, 0.4) is 0 Å². The third-order valence-corrected chi connectivity index (χ3v) is 2.17. The first-order valence-electron chi connectivity index (χ1n) is 4.49. The van der Waals surface area contributed by atoms with Crippen molar-refractivity contribution in [3.05, 3.63) is 30.4 Å². The van der Waals surface area contributed by atoms with E-state index < -0.39 is 0 Å². The predicted molar refractivity (Wildman–Crippen MR) is 54.3 cm³/mol. The molecule has 0 saturated carbocycles. The number of nitrogens with zero attached hydrogens (tertiary/aromatic N) is 2. The minimum Gasteiger partial charge on any atom is -0.495 e. The largest absolute Gasteiger partial charge is 0.495 e. The lowest BCUT2D eigenvalue weighted by atomic mass is 10.3. The topological polar surface area (TPSA) is 52.5 Å². The molecule has 2 N–H and O–H groups in total. The van der Waals surface area contributed by atoms with Gasteiger partial charge in [-0.05, 0) is 19.1 Å². The fourth-order valence-electron chi connectivity index (χ4n) is 1.45. The van der Waals surface area contributed by atoms with Gasteiger partial charge in [-0.2, -0.15) is 0 Å². The van der Waals surface area contributed by atoms with E-state index in [1.807, 2.05) is 29.7 Å². The first kappa shape index (κ1) is 9.02. The highest BCUT2D eigenvalue weighted by molar-refractivity contribution is 5.48. The van der Waals surface area contributed by atoms with Gasteiger partial charge in [0.05, 0.1) is 31.1 Å². The molecule has 0 spiro atoms. The van der Waals surface area contributed by atoms with E-state index in [1.165, 1.54) is 0 Å². The summed E-state index contributed by atoms with van der Waals surface area (Å²) in [4.78, 5) is 4.25. The Balaban J connectivity index is 2.63. The van der Waals surface area contributed by atoms with Crippen molar-refractivity contribution >= 4 is 5.52 Å². The minimum absolute atomic E-state index is 0.0791. The molecule has 2 aromatic heterocycles. The van der Waals surface area contributed by atoms with Crippen LogP contribution in [0, 0.1) is 0 Å². The number of fused-ring (bicyclic) bond motifs is 1. The number of rotatable bonds is 2. The van der Waals surface area contributed by atoms with Gasteiger partial charge in [-0.1, -0.05) is 0 Å². The minimum atomic E-state index is -0.0791. The van der Waals surface area contributed by atoms with Gasteiger partial charge in [0.2, 0.25) is 0 Å². The average molecular weight is 191 g/mol. The molecule has 0 aliphatic rings. The molecule has 4 heteroatoms. The van der Waals surface area contributed by atoms with Crippen molar-refractivity contribution < 1.29 is 4.74 Å². The fourth-order valence-corrected chi connectivity index (χ4v) is 1.45. The number of hydrogen-bond acceptors (Lipinski definition) is 3. The number of pyridine rings is 1. The second kappa shape index (κ2) is 3.31. The molecule has 4 nitrogen and oxygen atoms in total. The average Bonchev–Trinajstić information content (AvgIpc) is 2.59. The van der Waals surface area contributed by atoms with E-state index in [0.29, 0.717) is 0 Å². The van der Waals surface area contributed by atoms with Crippen LogP contribution in [0.4, 0.5) is 0 Å². The van der Waals surface area contributed by atoms with Crippen molar-refractivity contribution in [1.29, 1.82) is 0 Å².